The van der Waals surface area contributed by atoms with E-state index in [0.717, 1.165) is 12.8 Å². The van der Waals surface area contributed by atoms with Gasteiger partial charge >= 0.3 is 11.8 Å². The predicted molar refractivity (Wildman–Crippen MR) is 66.9 cm³/mol. The number of nitrogens with one attached hydrogen (secondary N) is 1. The topological polar surface area (TPSA) is 110 Å². The van der Waals surface area contributed by atoms with E-state index in [9.17, 15) is 20.0 Å². The molecule has 1 aromatic rings. The SMILES string of the molecule is Cn1cnc([N+](=O)[O-])c1NCC1(C(=O)O)CCCC1. The fraction of sp³-hybridized carbons (Fsp3) is 0.636. The number of rotatable bonds is 5. The molecule has 1 aliphatic rings. The highest BCUT2D eigenvalue weighted by Gasteiger charge is 2.41. The van der Waals surface area contributed by atoms with Crippen LogP contribution in [0.3, 0.4) is 0 Å². The number of nitro groups is 1. The van der Waals surface area contributed by atoms with E-state index >= 15 is 0 Å². The summed E-state index contributed by atoms with van der Waals surface area (Å²) in [5, 5.41) is 23.0. The number of aromatic nitrogens is 2. The van der Waals surface area contributed by atoms with Crippen molar-refractivity contribution in [1.82, 2.24) is 9.55 Å². The number of hydrogen-bond donors (Lipinski definition) is 2. The lowest BCUT2D eigenvalue weighted by Crippen LogP contribution is -2.35. The van der Waals surface area contributed by atoms with Gasteiger partial charge in [-0.15, -0.1) is 0 Å². The van der Waals surface area contributed by atoms with Gasteiger partial charge in [-0.05, 0) is 22.7 Å². The molecule has 0 aliphatic heterocycles. The second-order valence-electron chi connectivity index (χ2n) is 4.93. The molecule has 0 radical (unpaired) electrons. The zero-order valence-corrected chi connectivity index (χ0v) is 10.6. The number of aryl methyl sites for hydroxylation is 1. The Hall–Kier alpha value is -2.12. The molecule has 1 saturated carbocycles. The van der Waals surface area contributed by atoms with Crippen LogP contribution in [0.15, 0.2) is 6.33 Å². The van der Waals surface area contributed by atoms with E-state index in [1.54, 1.807) is 7.05 Å². The van der Waals surface area contributed by atoms with Gasteiger partial charge < -0.3 is 20.5 Å². The van der Waals surface area contributed by atoms with Crippen molar-refractivity contribution in [2.75, 3.05) is 11.9 Å². The van der Waals surface area contributed by atoms with Gasteiger partial charge in [0, 0.05) is 13.6 Å². The van der Waals surface area contributed by atoms with E-state index in [4.69, 9.17) is 0 Å². The average Bonchev–Trinajstić information content (AvgIpc) is 2.94. The van der Waals surface area contributed by atoms with Crippen LogP contribution in [0, 0.1) is 15.5 Å². The van der Waals surface area contributed by atoms with E-state index in [1.807, 2.05) is 0 Å². The van der Waals surface area contributed by atoms with Crippen molar-refractivity contribution < 1.29 is 14.8 Å². The molecule has 2 N–H and O–H groups in total. The van der Waals surface area contributed by atoms with Crippen molar-refractivity contribution in [2.45, 2.75) is 25.7 Å². The van der Waals surface area contributed by atoms with Crippen molar-refractivity contribution in [3.05, 3.63) is 16.4 Å². The highest BCUT2D eigenvalue weighted by Crippen LogP contribution is 2.39. The van der Waals surface area contributed by atoms with Crippen LogP contribution in [0.4, 0.5) is 11.6 Å². The predicted octanol–water partition coefficient (Wildman–Crippen LogP) is 1.39. The van der Waals surface area contributed by atoms with Gasteiger partial charge in [0.2, 0.25) is 12.1 Å². The first-order chi connectivity index (χ1) is 8.96. The van der Waals surface area contributed by atoms with Crippen LogP contribution in [0.2, 0.25) is 0 Å². The normalized spacial score (nSPS) is 17.3. The Balaban J connectivity index is 2.16. The molecule has 2 rings (SSSR count). The summed E-state index contributed by atoms with van der Waals surface area (Å²) in [5.74, 6) is -0.874. The third kappa shape index (κ3) is 2.38. The minimum absolute atomic E-state index is 0.183. The molecule has 0 bridgehead atoms. The van der Waals surface area contributed by atoms with Crippen LogP contribution < -0.4 is 5.32 Å². The van der Waals surface area contributed by atoms with Crippen LogP contribution in [0.25, 0.3) is 0 Å². The number of carboxylic acids is 1. The first-order valence-electron chi connectivity index (χ1n) is 6.09. The summed E-state index contributed by atoms with van der Waals surface area (Å²) in [7, 11) is 1.63. The van der Waals surface area contributed by atoms with Gasteiger partial charge in [-0.3, -0.25) is 9.36 Å². The van der Waals surface area contributed by atoms with E-state index in [-0.39, 0.29) is 18.2 Å². The summed E-state index contributed by atoms with van der Waals surface area (Å²) >= 11 is 0. The molecule has 1 aromatic heterocycles. The minimum Gasteiger partial charge on any atom is -0.481 e. The van der Waals surface area contributed by atoms with E-state index in [2.05, 4.69) is 10.3 Å². The van der Waals surface area contributed by atoms with Gasteiger partial charge in [-0.2, -0.15) is 0 Å². The zero-order chi connectivity index (χ0) is 14.0. The van der Waals surface area contributed by atoms with Gasteiger partial charge in [0.05, 0.1) is 5.41 Å². The molecule has 0 atom stereocenters. The first-order valence-corrected chi connectivity index (χ1v) is 6.09. The van der Waals surface area contributed by atoms with Crippen LogP contribution in [0.1, 0.15) is 25.7 Å². The highest BCUT2D eigenvalue weighted by atomic mass is 16.6. The fourth-order valence-corrected chi connectivity index (χ4v) is 2.53. The number of aliphatic carboxylic acids is 1. The molecule has 104 valence electrons. The molecule has 1 aliphatic carbocycles. The molecule has 8 nitrogen and oxygen atoms in total. The van der Waals surface area contributed by atoms with Gasteiger partial charge in [0.1, 0.15) is 0 Å². The number of hydrogen-bond acceptors (Lipinski definition) is 5. The maximum absolute atomic E-state index is 11.4. The zero-order valence-electron chi connectivity index (χ0n) is 10.6. The largest absolute Gasteiger partial charge is 0.481 e. The third-order valence-corrected chi connectivity index (χ3v) is 3.70. The van der Waals surface area contributed by atoms with E-state index in [1.165, 1.54) is 10.9 Å². The number of carbonyl (C=O) groups is 1. The molecule has 1 heterocycles. The van der Waals surface area contributed by atoms with Gasteiger partial charge in [-0.1, -0.05) is 12.8 Å². The molecule has 0 unspecified atom stereocenters. The molecule has 8 heteroatoms. The standard InChI is InChI=1S/C11H16N4O4/c1-14-7-13-9(15(18)19)8(14)12-6-11(10(16)17)4-2-3-5-11/h7,12H,2-6H2,1H3,(H,16,17). The number of anilines is 1. The molecule has 0 spiro atoms. The number of carboxylic acid groups (broad SMARTS) is 1. The Morgan fingerprint density at radius 3 is 2.79 bits per heavy atom. The summed E-state index contributed by atoms with van der Waals surface area (Å²) in [4.78, 5) is 25.3. The van der Waals surface area contributed by atoms with Crippen LogP contribution in [0.5, 0.6) is 0 Å². The Kier molecular flexibility index (Phi) is 3.41. The molecule has 0 saturated heterocycles. The fourth-order valence-electron chi connectivity index (χ4n) is 2.53. The molecule has 0 aromatic carbocycles. The lowest BCUT2D eigenvalue weighted by atomic mass is 9.86. The van der Waals surface area contributed by atoms with Crippen LogP contribution >= 0.6 is 0 Å². The maximum Gasteiger partial charge on any atom is 0.406 e. The molecule has 1 fully saturated rings. The van der Waals surface area contributed by atoms with Gasteiger partial charge in [-0.25, -0.2) is 0 Å². The van der Waals surface area contributed by atoms with E-state index in [0.29, 0.717) is 12.8 Å². The molecule has 19 heavy (non-hydrogen) atoms. The Morgan fingerprint density at radius 1 is 1.63 bits per heavy atom. The lowest BCUT2D eigenvalue weighted by molar-refractivity contribution is -0.388. The summed E-state index contributed by atoms with van der Waals surface area (Å²) in [5.41, 5.74) is -0.821. The molecular formula is C11H16N4O4. The molecule has 0 amide bonds. The van der Waals surface area contributed by atoms with Crippen LogP contribution in [-0.4, -0.2) is 32.1 Å². The Labute approximate surface area is 109 Å². The van der Waals surface area contributed by atoms with Gasteiger partial charge in [0.15, 0.2) is 0 Å². The lowest BCUT2D eigenvalue weighted by Gasteiger charge is -2.24. The smallest absolute Gasteiger partial charge is 0.406 e. The van der Waals surface area contributed by atoms with Crippen molar-refractivity contribution in [3.63, 3.8) is 0 Å². The second kappa shape index (κ2) is 4.87. The quantitative estimate of drug-likeness (QED) is 0.616. The first kappa shape index (κ1) is 13.3. The van der Waals surface area contributed by atoms with Crippen molar-refractivity contribution in [1.29, 1.82) is 0 Å². The Morgan fingerprint density at radius 2 is 2.26 bits per heavy atom. The van der Waals surface area contributed by atoms with E-state index < -0.39 is 16.3 Å². The minimum atomic E-state index is -0.845. The summed E-state index contributed by atoms with van der Waals surface area (Å²) in [6.45, 7) is 0.183. The number of nitrogens with zero attached hydrogens (tertiary/aromatic N) is 3. The summed E-state index contributed by atoms with van der Waals surface area (Å²) in [6, 6.07) is 0. The second-order valence-corrected chi connectivity index (χ2v) is 4.93. The monoisotopic (exact) mass is 268 g/mol. The maximum atomic E-state index is 11.4. The highest BCUT2D eigenvalue weighted by molar-refractivity contribution is 5.76. The summed E-state index contributed by atoms with van der Waals surface area (Å²) in [6.07, 6.45) is 4.29. The van der Waals surface area contributed by atoms with Crippen molar-refractivity contribution in [3.8, 4) is 0 Å². The van der Waals surface area contributed by atoms with Crippen LogP contribution in [-0.2, 0) is 11.8 Å². The Bertz CT molecular complexity index is 505. The average molecular weight is 268 g/mol. The number of imidazole rings is 1. The van der Waals surface area contributed by atoms with Crippen molar-refractivity contribution in [2.24, 2.45) is 12.5 Å². The van der Waals surface area contributed by atoms with Crippen molar-refractivity contribution >= 4 is 17.6 Å². The van der Waals surface area contributed by atoms with Gasteiger partial charge in [0.25, 0.3) is 0 Å². The molecular weight excluding hydrogens is 252 g/mol. The summed E-state index contributed by atoms with van der Waals surface area (Å²) < 4.78 is 1.49. The third-order valence-electron chi connectivity index (χ3n) is 3.70.